The summed E-state index contributed by atoms with van der Waals surface area (Å²) in [5.74, 6) is 1.58. The van der Waals surface area contributed by atoms with Gasteiger partial charge < -0.3 is 9.47 Å². The van der Waals surface area contributed by atoms with Crippen LogP contribution in [0.5, 0.6) is 11.5 Å². The first-order chi connectivity index (χ1) is 10.3. The van der Waals surface area contributed by atoms with E-state index in [-0.39, 0.29) is 0 Å². The summed E-state index contributed by atoms with van der Waals surface area (Å²) in [6.07, 6.45) is 3.70. The second-order valence-corrected chi connectivity index (χ2v) is 5.92. The van der Waals surface area contributed by atoms with E-state index in [4.69, 9.17) is 9.47 Å². The SMILES string of the molecule is COc1cc(CBr)ccc1OCc1ccc2c(c1)CCC2. The molecule has 0 spiro atoms. The number of halogens is 1. The molecule has 0 unspecified atom stereocenters. The first kappa shape index (κ1) is 14.5. The van der Waals surface area contributed by atoms with Crippen LogP contribution in [0.15, 0.2) is 36.4 Å². The molecule has 1 aliphatic carbocycles. The average molecular weight is 347 g/mol. The second kappa shape index (κ2) is 6.52. The zero-order chi connectivity index (χ0) is 14.7. The van der Waals surface area contributed by atoms with E-state index in [1.807, 2.05) is 12.1 Å². The van der Waals surface area contributed by atoms with Gasteiger partial charge in [0.2, 0.25) is 0 Å². The largest absolute Gasteiger partial charge is 0.493 e. The summed E-state index contributed by atoms with van der Waals surface area (Å²) in [6, 6.07) is 12.7. The highest BCUT2D eigenvalue weighted by atomic mass is 79.9. The van der Waals surface area contributed by atoms with Gasteiger partial charge in [0, 0.05) is 5.33 Å². The molecule has 3 heteroatoms. The summed E-state index contributed by atoms with van der Waals surface area (Å²) in [6.45, 7) is 0.581. The smallest absolute Gasteiger partial charge is 0.161 e. The van der Waals surface area contributed by atoms with Crippen molar-refractivity contribution in [1.82, 2.24) is 0 Å². The summed E-state index contributed by atoms with van der Waals surface area (Å²) in [5.41, 5.74) is 5.38. The van der Waals surface area contributed by atoms with Crippen molar-refractivity contribution in [1.29, 1.82) is 0 Å². The van der Waals surface area contributed by atoms with Crippen molar-refractivity contribution < 1.29 is 9.47 Å². The van der Waals surface area contributed by atoms with Crippen molar-refractivity contribution in [3.63, 3.8) is 0 Å². The Kier molecular flexibility index (Phi) is 4.49. The van der Waals surface area contributed by atoms with Gasteiger partial charge in [-0.05, 0) is 53.6 Å². The lowest BCUT2D eigenvalue weighted by molar-refractivity contribution is 0.284. The Balaban J connectivity index is 1.72. The highest BCUT2D eigenvalue weighted by Crippen LogP contribution is 2.30. The number of alkyl halides is 1. The molecular formula is C18H19BrO2. The van der Waals surface area contributed by atoms with Crippen molar-refractivity contribution in [2.75, 3.05) is 7.11 Å². The van der Waals surface area contributed by atoms with Crippen molar-refractivity contribution in [2.45, 2.75) is 31.2 Å². The minimum atomic E-state index is 0.581. The van der Waals surface area contributed by atoms with Gasteiger partial charge in [-0.1, -0.05) is 40.2 Å². The fraction of sp³-hybridized carbons (Fsp3) is 0.333. The van der Waals surface area contributed by atoms with Gasteiger partial charge in [0.05, 0.1) is 7.11 Å². The lowest BCUT2D eigenvalue weighted by atomic mass is 10.1. The second-order valence-electron chi connectivity index (χ2n) is 5.36. The van der Waals surface area contributed by atoms with E-state index in [1.54, 1.807) is 7.11 Å². The van der Waals surface area contributed by atoms with E-state index in [1.165, 1.54) is 41.5 Å². The van der Waals surface area contributed by atoms with E-state index < -0.39 is 0 Å². The van der Waals surface area contributed by atoms with Crippen LogP contribution in [0, 0.1) is 0 Å². The molecule has 0 fully saturated rings. The highest BCUT2D eigenvalue weighted by Gasteiger charge is 2.11. The zero-order valence-corrected chi connectivity index (χ0v) is 13.8. The summed E-state index contributed by atoms with van der Waals surface area (Å²) < 4.78 is 11.3. The molecule has 0 bridgehead atoms. The maximum Gasteiger partial charge on any atom is 0.161 e. The van der Waals surface area contributed by atoms with Crippen molar-refractivity contribution >= 4 is 15.9 Å². The first-order valence-corrected chi connectivity index (χ1v) is 8.38. The third kappa shape index (κ3) is 3.24. The van der Waals surface area contributed by atoms with Gasteiger partial charge >= 0.3 is 0 Å². The number of aryl methyl sites for hydroxylation is 2. The fourth-order valence-electron chi connectivity index (χ4n) is 2.79. The van der Waals surface area contributed by atoms with Gasteiger partial charge in [0.25, 0.3) is 0 Å². The van der Waals surface area contributed by atoms with Crippen molar-refractivity contribution in [3.8, 4) is 11.5 Å². The van der Waals surface area contributed by atoms with Gasteiger partial charge in [-0.15, -0.1) is 0 Å². The number of benzene rings is 2. The Hall–Kier alpha value is -1.48. The number of hydrogen-bond acceptors (Lipinski definition) is 2. The molecule has 0 aromatic heterocycles. The highest BCUT2D eigenvalue weighted by molar-refractivity contribution is 9.08. The molecule has 0 saturated heterocycles. The quantitative estimate of drug-likeness (QED) is 0.733. The third-order valence-corrected chi connectivity index (χ3v) is 4.59. The van der Waals surface area contributed by atoms with Gasteiger partial charge in [0.15, 0.2) is 11.5 Å². The first-order valence-electron chi connectivity index (χ1n) is 7.26. The molecule has 0 amide bonds. The predicted molar refractivity (Wildman–Crippen MR) is 88.4 cm³/mol. The Morgan fingerprint density at radius 2 is 1.76 bits per heavy atom. The third-order valence-electron chi connectivity index (χ3n) is 3.94. The van der Waals surface area contributed by atoms with E-state index in [2.05, 4.69) is 40.2 Å². The monoisotopic (exact) mass is 346 g/mol. The van der Waals surface area contributed by atoms with Crippen LogP contribution < -0.4 is 9.47 Å². The van der Waals surface area contributed by atoms with Gasteiger partial charge in [-0.25, -0.2) is 0 Å². The number of rotatable bonds is 5. The van der Waals surface area contributed by atoms with Gasteiger partial charge in [0.1, 0.15) is 6.61 Å². The van der Waals surface area contributed by atoms with Crippen LogP contribution in [0.25, 0.3) is 0 Å². The summed E-state index contributed by atoms with van der Waals surface area (Å²) in [5, 5.41) is 0.814. The normalized spacial score (nSPS) is 13.0. The fourth-order valence-corrected chi connectivity index (χ4v) is 3.14. The molecule has 3 rings (SSSR count). The van der Waals surface area contributed by atoms with Crippen LogP contribution in [0.1, 0.15) is 28.7 Å². The predicted octanol–water partition coefficient (Wildman–Crippen LogP) is 4.66. The summed E-state index contributed by atoms with van der Waals surface area (Å²) in [4.78, 5) is 0. The van der Waals surface area contributed by atoms with Crippen LogP contribution in [-0.2, 0) is 24.8 Å². The molecule has 0 N–H and O–H groups in total. The zero-order valence-electron chi connectivity index (χ0n) is 12.2. The van der Waals surface area contributed by atoms with Gasteiger partial charge in [-0.2, -0.15) is 0 Å². The molecule has 21 heavy (non-hydrogen) atoms. The molecule has 0 aliphatic heterocycles. The van der Waals surface area contributed by atoms with E-state index in [0.717, 1.165) is 16.8 Å². The number of fused-ring (bicyclic) bond motifs is 1. The van der Waals surface area contributed by atoms with Crippen molar-refractivity contribution in [2.24, 2.45) is 0 Å². The van der Waals surface area contributed by atoms with Crippen LogP contribution >= 0.6 is 15.9 Å². The molecule has 0 atom stereocenters. The van der Waals surface area contributed by atoms with Crippen molar-refractivity contribution in [3.05, 3.63) is 58.7 Å². The maximum absolute atomic E-state index is 5.93. The number of methoxy groups -OCH3 is 1. The maximum atomic E-state index is 5.93. The summed E-state index contributed by atoms with van der Waals surface area (Å²) in [7, 11) is 1.68. The van der Waals surface area contributed by atoms with Crippen LogP contribution in [0.3, 0.4) is 0 Å². The van der Waals surface area contributed by atoms with E-state index >= 15 is 0 Å². The summed E-state index contributed by atoms with van der Waals surface area (Å²) >= 11 is 3.45. The molecule has 0 heterocycles. The minimum absolute atomic E-state index is 0.581. The standard InChI is InChI=1S/C18H19BrO2/c1-20-18-10-13(11-19)6-8-17(18)21-12-14-5-7-15-3-2-4-16(15)9-14/h5-10H,2-4,11-12H2,1H3. The van der Waals surface area contributed by atoms with E-state index in [9.17, 15) is 0 Å². The van der Waals surface area contributed by atoms with Crippen LogP contribution in [-0.4, -0.2) is 7.11 Å². The van der Waals surface area contributed by atoms with Gasteiger partial charge in [-0.3, -0.25) is 0 Å². The minimum Gasteiger partial charge on any atom is -0.493 e. The molecular weight excluding hydrogens is 328 g/mol. The topological polar surface area (TPSA) is 18.5 Å². The number of ether oxygens (including phenoxy) is 2. The lowest BCUT2D eigenvalue weighted by Gasteiger charge is -2.12. The number of hydrogen-bond donors (Lipinski definition) is 0. The van der Waals surface area contributed by atoms with Crippen LogP contribution in [0.2, 0.25) is 0 Å². The molecule has 0 radical (unpaired) electrons. The average Bonchev–Trinajstić information content (AvgIpc) is 3.00. The Morgan fingerprint density at radius 3 is 2.57 bits per heavy atom. The Bertz CT molecular complexity index is 637. The molecule has 1 aliphatic rings. The molecule has 110 valence electrons. The lowest BCUT2D eigenvalue weighted by Crippen LogP contribution is -1.99. The Morgan fingerprint density at radius 1 is 0.952 bits per heavy atom. The van der Waals surface area contributed by atoms with Crippen LogP contribution in [0.4, 0.5) is 0 Å². The van der Waals surface area contributed by atoms with E-state index in [0.29, 0.717) is 6.61 Å². The Labute approximate surface area is 134 Å². The molecule has 2 nitrogen and oxygen atoms in total. The molecule has 0 saturated carbocycles. The molecule has 2 aromatic carbocycles. The molecule has 2 aromatic rings.